The summed E-state index contributed by atoms with van der Waals surface area (Å²) in [4.78, 5) is 29.3. The Morgan fingerprint density at radius 2 is 1.92 bits per heavy atom. The molecule has 1 fully saturated rings. The van der Waals surface area contributed by atoms with Crippen LogP contribution in [0, 0.1) is 0 Å². The molecule has 0 saturated heterocycles. The molecule has 0 aliphatic heterocycles. The van der Waals surface area contributed by atoms with Gasteiger partial charge in [-0.25, -0.2) is 4.68 Å². The Bertz CT molecular complexity index is 1190. The van der Waals surface area contributed by atoms with Gasteiger partial charge in [0.05, 0.1) is 19.7 Å². The van der Waals surface area contributed by atoms with E-state index in [0.29, 0.717) is 23.6 Å². The van der Waals surface area contributed by atoms with Crippen molar-refractivity contribution in [3.63, 3.8) is 0 Å². The van der Waals surface area contributed by atoms with Gasteiger partial charge in [-0.2, -0.15) is 0 Å². The molecule has 9 nitrogen and oxygen atoms in total. The zero-order chi connectivity index (χ0) is 25.5. The monoisotopic (exact) mass is 493 g/mol. The summed E-state index contributed by atoms with van der Waals surface area (Å²) in [7, 11) is 3.14. The molecule has 4 rings (SSSR count). The minimum atomic E-state index is -0.847. The van der Waals surface area contributed by atoms with Crippen LogP contribution in [0.3, 0.4) is 0 Å². The van der Waals surface area contributed by atoms with Gasteiger partial charge in [0, 0.05) is 24.2 Å². The molecule has 0 radical (unpaired) electrons. The van der Waals surface area contributed by atoms with E-state index in [1.165, 1.54) is 0 Å². The van der Waals surface area contributed by atoms with Crippen LogP contribution in [-0.2, 0) is 16.1 Å². The van der Waals surface area contributed by atoms with Gasteiger partial charge in [0.15, 0.2) is 0 Å². The van der Waals surface area contributed by atoms with Crippen molar-refractivity contribution >= 4 is 22.8 Å². The normalized spacial score (nSPS) is 14.5. The van der Waals surface area contributed by atoms with E-state index in [4.69, 9.17) is 9.47 Å². The Kier molecular flexibility index (Phi) is 8.40. The van der Waals surface area contributed by atoms with Crippen LogP contribution < -0.4 is 14.8 Å². The summed E-state index contributed by atoms with van der Waals surface area (Å²) >= 11 is 0. The van der Waals surface area contributed by atoms with Crippen LogP contribution in [0.4, 0.5) is 0 Å². The predicted molar refractivity (Wildman–Crippen MR) is 137 cm³/mol. The van der Waals surface area contributed by atoms with E-state index in [1.807, 2.05) is 30.3 Å². The molecule has 1 aliphatic rings. The molecule has 2 amide bonds. The highest BCUT2D eigenvalue weighted by atomic mass is 16.5. The van der Waals surface area contributed by atoms with Crippen LogP contribution in [0.5, 0.6) is 11.5 Å². The number of aromatic nitrogens is 3. The van der Waals surface area contributed by atoms with E-state index in [1.54, 1.807) is 35.9 Å². The molecule has 1 N–H and O–H groups in total. The molecule has 0 spiro atoms. The van der Waals surface area contributed by atoms with Crippen molar-refractivity contribution in [2.45, 2.75) is 64.1 Å². The Morgan fingerprint density at radius 3 is 2.64 bits per heavy atom. The summed E-state index contributed by atoms with van der Waals surface area (Å²) in [5.74, 6) is 0.717. The van der Waals surface area contributed by atoms with E-state index in [0.717, 1.165) is 49.6 Å². The van der Waals surface area contributed by atoms with Crippen LogP contribution in [0.2, 0.25) is 0 Å². The van der Waals surface area contributed by atoms with Gasteiger partial charge < -0.3 is 19.7 Å². The van der Waals surface area contributed by atoms with Crippen molar-refractivity contribution in [3.05, 3.63) is 48.0 Å². The van der Waals surface area contributed by atoms with Gasteiger partial charge >= 0.3 is 0 Å². The van der Waals surface area contributed by atoms with Crippen molar-refractivity contribution in [1.29, 1.82) is 0 Å². The second kappa shape index (κ2) is 11.9. The highest BCUT2D eigenvalue weighted by Crippen LogP contribution is 2.34. The molecule has 36 heavy (non-hydrogen) atoms. The average molecular weight is 494 g/mol. The average Bonchev–Trinajstić information content (AvgIpc) is 3.56. The molecule has 0 unspecified atom stereocenters. The standard InChI is InChI=1S/C27H35N5O4/c1-4-5-16-31(25(33)18-32-23-13-9-8-12-22(23)29-30-32)26(27(34)28-19-10-6-7-11-19)21-15-14-20(35-2)17-24(21)36-3/h8-9,12-15,17,19,26H,4-7,10-11,16,18H2,1-3H3,(H,28,34)/t26-/m0/s1. The Morgan fingerprint density at radius 1 is 1.14 bits per heavy atom. The quantitative estimate of drug-likeness (QED) is 0.435. The first-order valence-corrected chi connectivity index (χ1v) is 12.7. The minimum absolute atomic E-state index is 0.0180. The number of carbonyl (C=O) groups is 2. The highest BCUT2D eigenvalue weighted by molar-refractivity contribution is 5.90. The van der Waals surface area contributed by atoms with Gasteiger partial charge in [0.25, 0.3) is 0 Å². The number of unbranched alkanes of at least 4 members (excludes halogenated alkanes) is 1. The van der Waals surface area contributed by atoms with Crippen molar-refractivity contribution in [2.75, 3.05) is 20.8 Å². The third-order valence-electron chi connectivity index (χ3n) is 6.77. The van der Waals surface area contributed by atoms with E-state index < -0.39 is 6.04 Å². The molecule has 1 atom stereocenters. The summed E-state index contributed by atoms with van der Waals surface area (Å²) < 4.78 is 12.6. The maximum absolute atomic E-state index is 13.8. The van der Waals surface area contributed by atoms with E-state index in [2.05, 4.69) is 22.6 Å². The number of ether oxygens (including phenoxy) is 2. The number of carbonyl (C=O) groups excluding carboxylic acids is 2. The molecule has 1 aliphatic carbocycles. The third-order valence-corrected chi connectivity index (χ3v) is 6.77. The lowest BCUT2D eigenvalue weighted by atomic mass is 10.0. The molecule has 1 saturated carbocycles. The lowest BCUT2D eigenvalue weighted by Gasteiger charge is -2.33. The van der Waals surface area contributed by atoms with Crippen LogP contribution in [-0.4, -0.2) is 58.5 Å². The zero-order valence-electron chi connectivity index (χ0n) is 21.3. The summed E-state index contributed by atoms with van der Waals surface area (Å²) in [5.41, 5.74) is 2.12. The van der Waals surface area contributed by atoms with Crippen molar-refractivity contribution in [2.24, 2.45) is 0 Å². The van der Waals surface area contributed by atoms with Gasteiger partial charge in [0.1, 0.15) is 29.6 Å². The molecule has 1 aromatic heterocycles. The number of para-hydroxylation sites is 1. The molecule has 2 aromatic carbocycles. The van der Waals surface area contributed by atoms with Gasteiger partial charge in [-0.05, 0) is 43.5 Å². The summed E-state index contributed by atoms with van der Waals surface area (Å²) in [6.45, 7) is 2.48. The number of hydrogen-bond acceptors (Lipinski definition) is 6. The first-order valence-electron chi connectivity index (χ1n) is 12.7. The number of nitrogens with zero attached hydrogens (tertiary/aromatic N) is 4. The van der Waals surface area contributed by atoms with Crippen LogP contribution >= 0.6 is 0 Å². The first kappa shape index (κ1) is 25.5. The second-order valence-electron chi connectivity index (χ2n) is 9.18. The summed E-state index contributed by atoms with van der Waals surface area (Å²) in [6, 6.07) is 12.1. The van der Waals surface area contributed by atoms with Crippen LogP contribution in [0.25, 0.3) is 11.0 Å². The largest absolute Gasteiger partial charge is 0.497 e. The maximum atomic E-state index is 13.8. The molecule has 9 heteroatoms. The predicted octanol–water partition coefficient (Wildman–Crippen LogP) is 3.88. The van der Waals surface area contributed by atoms with E-state index >= 15 is 0 Å². The Labute approximate surface area is 211 Å². The first-order chi connectivity index (χ1) is 17.5. The smallest absolute Gasteiger partial charge is 0.247 e. The van der Waals surface area contributed by atoms with Gasteiger partial charge in [-0.1, -0.05) is 43.5 Å². The van der Waals surface area contributed by atoms with E-state index in [-0.39, 0.29) is 24.4 Å². The number of rotatable bonds is 11. The molecular weight excluding hydrogens is 458 g/mol. The number of amides is 2. The maximum Gasteiger partial charge on any atom is 0.247 e. The fourth-order valence-electron chi connectivity index (χ4n) is 4.82. The number of nitrogens with one attached hydrogen (secondary N) is 1. The summed E-state index contributed by atoms with van der Waals surface area (Å²) in [5, 5.41) is 11.6. The highest BCUT2D eigenvalue weighted by Gasteiger charge is 2.35. The van der Waals surface area contributed by atoms with Crippen LogP contribution in [0.1, 0.15) is 57.1 Å². The number of hydrogen-bond donors (Lipinski definition) is 1. The molecule has 192 valence electrons. The number of methoxy groups -OCH3 is 2. The van der Waals surface area contributed by atoms with Crippen LogP contribution in [0.15, 0.2) is 42.5 Å². The molecule has 0 bridgehead atoms. The number of benzene rings is 2. The third kappa shape index (κ3) is 5.61. The fourth-order valence-corrected chi connectivity index (χ4v) is 4.82. The van der Waals surface area contributed by atoms with Gasteiger partial charge in [0.2, 0.25) is 11.8 Å². The zero-order valence-corrected chi connectivity index (χ0v) is 21.3. The van der Waals surface area contributed by atoms with Gasteiger partial charge in [-0.15, -0.1) is 5.10 Å². The molecule has 3 aromatic rings. The Hall–Kier alpha value is -3.62. The Balaban J connectivity index is 1.71. The topological polar surface area (TPSA) is 98.6 Å². The van der Waals surface area contributed by atoms with Crippen molar-refractivity contribution in [3.8, 4) is 11.5 Å². The molecule has 1 heterocycles. The number of fused-ring (bicyclic) bond motifs is 1. The fraction of sp³-hybridized carbons (Fsp3) is 0.481. The lowest BCUT2D eigenvalue weighted by Crippen LogP contribution is -2.47. The van der Waals surface area contributed by atoms with Crippen molar-refractivity contribution < 1.29 is 19.1 Å². The van der Waals surface area contributed by atoms with Gasteiger partial charge in [-0.3, -0.25) is 9.59 Å². The summed E-state index contributed by atoms with van der Waals surface area (Å²) in [6.07, 6.45) is 5.74. The van der Waals surface area contributed by atoms with Crippen molar-refractivity contribution in [1.82, 2.24) is 25.2 Å². The SMILES string of the molecule is CCCCN(C(=O)Cn1nnc2ccccc21)[C@H](C(=O)NC1CCCC1)c1ccc(OC)cc1OC. The molecular formula is C27H35N5O4. The minimum Gasteiger partial charge on any atom is -0.497 e. The van der Waals surface area contributed by atoms with E-state index in [9.17, 15) is 9.59 Å². The lowest BCUT2D eigenvalue weighted by molar-refractivity contribution is -0.142. The second-order valence-corrected chi connectivity index (χ2v) is 9.18.